The van der Waals surface area contributed by atoms with E-state index in [1.54, 1.807) is 26.8 Å². The van der Waals surface area contributed by atoms with Crippen LogP contribution in [-0.2, 0) is 17.5 Å². The number of rotatable bonds is 2. The highest BCUT2D eigenvalue weighted by Crippen LogP contribution is 2.32. The number of nitrogens with zero attached hydrogens (tertiary/aromatic N) is 1. The van der Waals surface area contributed by atoms with Crippen LogP contribution in [0.3, 0.4) is 0 Å². The third-order valence-electron chi connectivity index (χ3n) is 2.37. The molecule has 4 nitrogen and oxygen atoms in total. The topological polar surface area (TPSA) is 62.1 Å². The summed E-state index contributed by atoms with van der Waals surface area (Å²) in [5.74, 6) is 0. The van der Waals surface area contributed by atoms with E-state index in [1.807, 2.05) is 0 Å². The minimum atomic E-state index is -4.60. The molecular weight excluding hydrogens is 285 g/mol. The van der Waals surface area contributed by atoms with E-state index in [4.69, 9.17) is 10.00 Å². The van der Waals surface area contributed by atoms with Crippen LogP contribution in [0.2, 0.25) is 0 Å². The molecule has 1 amide bonds. The number of hydrogen-bond acceptors (Lipinski definition) is 3. The Morgan fingerprint density at radius 1 is 1.33 bits per heavy atom. The highest BCUT2D eigenvalue weighted by molar-refractivity contribution is 5.67. The maximum absolute atomic E-state index is 12.9. The lowest BCUT2D eigenvalue weighted by Crippen LogP contribution is -2.32. The van der Waals surface area contributed by atoms with Crippen LogP contribution in [0, 0.1) is 11.3 Å². The average Bonchev–Trinajstić information content (AvgIpc) is 2.33. The average molecular weight is 300 g/mol. The Morgan fingerprint density at radius 3 is 2.43 bits per heavy atom. The van der Waals surface area contributed by atoms with Crippen molar-refractivity contribution >= 4 is 6.09 Å². The first-order valence-electron chi connectivity index (χ1n) is 6.10. The molecule has 0 aliphatic heterocycles. The van der Waals surface area contributed by atoms with E-state index in [2.05, 4.69) is 5.32 Å². The van der Waals surface area contributed by atoms with Crippen molar-refractivity contribution in [3.05, 3.63) is 34.9 Å². The van der Waals surface area contributed by atoms with Gasteiger partial charge in [-0.15, -0.1) is 0 Å². The normalized spacial score (nSPS) is 11.7. The molecular formula is C14H15F3N2O2. The number of alkyl halides is 3. The summed E-state index contributed by atoms with van der Waals surface area (Å²) < 4.78 is 43.7. The largest absolute Gasteiger partial charge is 0.444 e. The number of carbonyl (C=O) groups is 1. The van der Waals surface area contributed by atoms with Gasteiger partial charge in [-0.25, -0.2) is 4.79 Å². The number of nitriles is 1. The van der Waals surface area contributed by atoms with Gasteiger partial charge in [0.25, 0.3) is 0 Å². The molecule has 1 rings (SSSR count). The quantitative estimate of drug-likeness (QED) is 0.907. The van der Waals surface area contributed by atoms with Crippen molar-refractivity contribution in [3.63, 3.8) is 0 Å². The van der Waals surface area contributed by atoms with Crippen molar-refractivity contribution in [3.8, 4) is 6.07 Å². The zero-order valence-electron chi connectivity index (χ0n) is 11.8. The number of amides is 1. The second-order valence-electron chi connectivity index (χ2n) is 5.34. The van der Waals surface area contributed by atoms with Crippen LogP contribution >= 0.6 is 0 Å². The maximum Gasteiger partial charge on any atom is 0.416 e. The molecule has 0 atom stereocenters. The van der Waals surface area contributed by atoms with E-state index in [1.165, 1.54) is 12.1 Å². The second-order valence-corrected chi connectivity index (χ2v) is 5.34. The van der Waals surface area contributed by atoms with Crippen molar-refractivity contribution in [1.29, 1.82) is 5.26 Å². The molecule has 21 heavy (non-hydrogen) atoms. The van der Waals surface area contributed by atoms with Gasteiger partial charge in [-0.1, -0.05) is 6.07 Å². The Balaban J connectivity index is 2.89. The first-order valence-corrected chi connectivity index (χ1v) is 6.10. The lowest BCUT2D eigenvalue weighted by molar-refractivity contribution is -0.138. The third kappa shape index (κ3) is 5.34. The van der Waals surface area contributed by atoms with Crippen LogP contribution in [0.25, 0.3) is 0 Å². The zero-order chi connectivity index (χ0) is 16.3. The first kappa shape index (κ1) is 16.8. The van der Waals surface area contributed by atoms with Crippen LogP contribution in [0.15, 0.2) is 18.2 Å². The Morgan fingerprint density at radius 2 is 1.95 bits per heavy atom. The summed E-state index contributed by atoms with van der Waals surface area (Å²) in [7, 11) is 0. The predicted octanol–water partition coefficient (Wildman–Crippen LogP) is 3.60. The van der Waals surface area contributed by atoms with Crippen LogP contribution in [0.4, 0.5) is 18.0 Å². The summed E-state index contributed by atoms with van der Waals surface area (Å²) in [5, 5.41) is 10.9. The molecule has 0 aromatic heterocycles. The Bertz CT molecular complexity index is 569. The standard InChI is InChI=1S/C14H15F3N2O2/c1-13(2,3)21-12(20)19-8-10-5-4-9(7-18)6-11(10)14(15,16)17/h4-6H,8H2,1-3H3,(H,19,20). The van der Waals surface area contributed by atoms with E-state index in [9.17, 15) is 18.0 Å². The van der Waals surface area contributed by atoms with Gasteiger partial charge in [0.1, 0.15) is 5.60 Å². The predicted molar refractivity (Wildman–Crippen MR) is 69.2 cm³/mol. The van der Waals surface area contributed by atoms with Gasteiger partial charge in [-0.2, -0.15) is 18.4 Å². The van der Waals surface area contributed by atoms with E-state index in [0.29, 0.717) is 0 Å². The lowest BCUT2D eigenvalue weighted by Gasteiger charge is -2.20. The minimum Gasteiger partial charge on any atom is -0.444 e. The van der Waals surface area contributed by atoms with Gasteiger partial charge in [-0.3, -0.25) is 0 Å². The number of carbonyl (C=O) groups excluding carboxylic acids is 1. The number of ether oxygens (including phenoxy) is 1. The number of halogens is 3. The number of benzene rings is 1. The summed E-state index contributed by atoms with van der Waals surface area (Å²) in [6.45, 7) is 4.61. The minimum absolute atomic E-state index is 0.0941. The number of alkyl carbamates (subject to hydrolysis) is 1. The summed E-state index contributed by atoms with van der Waals surface area (Å²) in [4.78, 5) is 11.4. The molecule has 1 aromatic carbocycles. The van der Waals surface area contributed by atoms with Crippen molar-refractivity contribution in [2.24, 2.45) is 0 Å². The second kappa shape index (κ2) is 6.04. The van der Waals surface area contributed by atoms with E-state index >= 15 is 0 Å². The smallest absolute Gasteiger partial charge is 0.416 e. The molecule has 0 bridgehead atoms. The molecule has 114 valence electrons. The molecule has 0 saturated carbocycles. The molecule has 0 saturated heterocycles. The Hall–Kier alpha value is -2.23. The van der Waals surface area contributed by atoms with Gasteiger partial charge in [-0.05, 0) is 38.5 Å². The first-order chi connectivity index (χ1) is 9.53. The lowest BCUT2D eigenvalue weighted by atomic mass is 10.0. The Labute approximate surface area is 120 Å². The van der Waals surface area contributed by atoms with Gasteiger partial charge in [0, 0.05) is 6.54 Å². The number of nitrogens with one attached hydrogen (secondary N) is 1. The van der Waals surface area contributed by atoms with Gasteiger partial charge in [0.15, 0.2) is 0 Å². The van der Waals surface area contributed by atoms with Gasteiger partial charge in [0.05, 0.1) is 17.2 Å². The SMILES string of the molecule is CC(C)(C)OC(=O)NCc1ccc(C#N)cc1C(F)(F)F. The molecule has 0 fully saturated rings. The maximum atomic E-state index is 12.9. The van der Waals surface area contributed by atoms with Crippen LogP contribution in [0.5, 0.6) is 0 Å². The zero-order valence-corrected chi connectivity index (χ0v) is 11.8. The molecule has 0 spiro atoms. The molecule has 0 aliphatic carbocycles. The summed E-state index contributed by atoms with van der Waals surface area (Å²) >= 11 is 0. The molecule has 1 aromatic rings. The third-order valence-corrected chi connectivity index (χ3v) is 2.37. The highest BCUT2D eigenvalue weighted by Gasteiger charge is 2.33. The molecule has 0 unspecified atom stereocenters. The molecule has 0 aliphatic rings. The number of hydrogen-bond donors (Lipinski definition) is 1. The molecule has 1 N–H and O–H groups in total. The van der Waals surface area contributed by atoms with E-state index in [0.717, 1.165) is 6.07 Å². The molecule has 0 heterocycles. The van der Waals surface area contributed by atoms with E-state index in [-0.39, 0.29) is 17.7 Å². The molecule has 0 radical (unpaired) electrons. The fourth-order valence-electron chi connectivity index (χ4n) is 1.55. The summed E-state index contributed by atoms with van der Waals surface area (Å²) in [5.41, 5.74) is -1.91. The fourth-order valence-corrected chi connectivity index (χ4v) is 1.55. The van der Waals surface area contributed by atoms with Gasteiger partial charge < -0.3 is 10.1 Å². The van der Waals surface area contributed by atoms with Crippen LogP contribution < -0.4 is 5.32 Å². The summed E-state index contributed by atoms with van der Waals surface area (Å²) in [6.07, 6.45) is -5.40. The van der Waals surface area contributed by atoms with Crippen molar-refractivity contribution in [2.75, 3.05) is 0 Å². The van der Waals surface area contributed by atoms with Crippen LogP contribution in [-0.4, -0.2) is 11.7 Å². The monoisotopic (exact) mass is 300 g/mol. The van der Waals surface area contributed by atoms with E-state index < -0.39 is 23.4 Å². The molecule has 7 heteroatoms. The highest BCUT2D eigenvalue weighted by atomic mass is 19.4. The summed E-state index contributed by atoms with van der Waals surface area (Å²) in [6, 6.07) is 4.84. The Kier molecular flexibility index (Phi) is 4.84. The fraction of sp³-hybridized carbons (Fsp3) is 0.429. The van der Waals surface area contributed by atoms with Crippen molar-refractivity contribution in [2.45, 2.75) is 39.1 Å². The van der Waals surface area contributed by atoms with Gasteiger partial charge >= 0.3 is 12.3 Å². The van der Waals surface area contributed by atoms with Crippen LogP contribution in [0.1, 0.15) is 37.5 Å². The van der Waals surface area contributed by atoms with Crippen molar-refractivity contribution in [1.82, 2.24) is 5.32 Å². The van der Waals surface area contributed by atoms with Crippen molar-refractivity contribution < 1.29 is 22.7 Å². The van der Waals surface area contributed by atoms with Gasteiger partial charge in [0.2, 0.25) is 0 Å².